The molecule has 0 bridgehead atoms. The predicted octanol–water partition coefficient (Wildman–Crippen LogP) is 3.74. The highest BCUT2D eigenvalue weighted by molar-refractivity contribution is 6.03. The minimum atomic E-state index is -0.429. The van der Waals surface area contributed by atoms with Gasteiger partial charge in [0.25, 0.3) is 0 Å². The van der Waals surface area contributed by atoms with Gasteiger partial charge in [-0.05, 0) is 49.2 Å². The second-order valence-corrected chi connectivity index (χ2v) is 8.65. The number of rotatable bonds is 6. The number of hydrogen-bond acceptors (Lipinski definition) is 6. The van der Waals surface area contributed by atoms with Crippen LogP contribution in [-0.4, -0.2) is 48.8 Å². The van der Waals surface area contributed by atoms with E-state index in [2.05, 4.69) is 20.4 Å². The van der Waals surface area contributed by atoms with Gasteiger partial charge in [0.05, 0.1) is 18.7 Å². The largest absolute Gasteiger partial charge is 0.497 e. The Bertz CT molecular complexity index is 1190. The molecule has 5 rings (SSSR count). The van der Waals surface area contributed by atoms with Crippen molar-refractivity contribution in [3.63, 3.8) is 0 Å². The lowest BCUT2D eigenvalue weighted by Gasteiger charge is -2.17. The molecule has 2 aromatic carbocycles. The summed E-state index contributed by atoms with van der Waals surface area (Å²) in [4.78, 5) is 29.4. The van der Waals surface area contributed by atoms with E-state index in [0.717, 1.165) is 35.9 Å². The van der Waals surface area contributed by atoms with Gasteiger partial charge >= 0.3 is 0 Å². The highest BCUT2D eigenvalue weighted by Crippen LogP contribution is 2.29. The Hall–Kier alpha value is -3.94. The topological polar surface area (TPSA) is 87.7 Å². The first kappa shape index (κ1) is 21.9. The van der Waals surface area contributed by atoms with Crippen molar-refractivity contribution >= 4 is 29.0 Å². The maximum absolute atomic E-state index is 13.0. The van der Waals surface area contributed by atoms with Crippen LogP contribution in [0.1, 0.15) is 19.3 Å². The Morgan fingerprint density at radius 3 is 2.62 bits per heavy atom. The van der Waals surface area contributed by atoms with Gasteiger partial charge in [-0.2, -0.15) is 0 Å². The second-order valence-electron chi connectivity index (χ2n) is 8.65. The molecule has 8 nitrogen and oxygen atoms in total. The van der Waals surface area contributed by atoms with Crippen molar-refractivity contribution in [2.45, 2.75) is 19.3 Å². The lowest BCUT2D eigenvalue weighted by atomic mass is 10.1. The van der Waals surface area contributed by atoms with Crippen LogP contribution in [0.4, 0.5) is 17.2 Å². The molecule has 0 aliphatic carbocycles. The molecule has 2 saturated heterocycles. The predicted molar refractivity (Wildman–Crippen MR) is 131 cm³/mol. The van der Waals surface area contributed by atoms with E-state index in [-0.39, 0.29) is 18.2 Å². The molecule has 0 radical (unpaired) electrons. The molecule has 1 unspecified atom stereocenters. The number of carbonyl (C=O) groups excluding carboxylic acids is 2. The van der Waals surface area contributed by atoms with Gasteiger partial charge in [0.2, 0.25) is 11.8 Å². The molecule has 8 heteroatoms. The van der Waals surface area contributed by atoms with E-state index in [9.17, 15) is 9.59 Å². The fourth-order valence-corrected chi connectivity index (χ4v) is 4.51. The molecule has 0 spiro atoms. The number of carbonyl (C=O) groups is 2. The molecular weight excluding hydrogens is 430 g/mol. The van der Waals surface area contributed by atoms with E-state index in [1.807, 2.05) is 54.6 Å². The van der Waals surface area contributed by atoms with E-state index < -0.39 is 5.92 Å². The van der Waals surface area contributed by atoms with Gasteiger partial charge in [0, 0.05) is 49.1 Å². The summed E-state index contributed by atoms with van der Waals surface area (Å²) in [5.74, 6) is 0.896. The summed E-state index contributed by atoms with van der Waals surface area (Å²) in [6.45, 7) is 2.38. The number of nitrogens with zero attached hydrogens (tertiary/aromatic N) is 4. The van der Waals surface area contributed by atoms with E-state index >= 15 is 0 Å². The van der Waals surface area contributed by atoms with Crippen molar-refractivity contribution in [3.8, 4) is 17.0 Å². The summed E-state index contributed by atoms with van der Waals surface area (Å²) in [6, 6.07) is 18.8. The van der Waals surface area contributed by atoms with Crippen molar-refractivity contribution in [1.82, 2.24) is 10.2 Å². The van der Waals surface area contributed by atoms with Crippen LogP contribution in [0.5, 0.6) is 5.75 Å². The third-order valence-corrected chi connectivity index (χ3v) is 6.37. The lowest BCUT2D eigenvalue weighted by molar-refractivity contribution is -0.122. The van der Waals surface area contributed by atoms with E-state index in [0.29, 0.717) is 18.0 Å². The van der Waals surface area contributed by atoms with Crippen LogP contribution in [0.2, 0.25) is 0 Å². The van der Waals surface area contributed by atoms with Crippen molar-refractivity contribution < 1.29 is 14.3 Å². The maximum atomic E-state index is 13.0. The molecule has 2 amide bonds. The maximum Gasteiger partial charge on any atom is 0.229 e. The van der Waals surface area contributed by atoms with E-state index in [1.54, 1.807) is 18.1 Å². The molecular formula is C26H27N5O3. The molecule has 2 aliphatic heterocycles. The molecule has 174 valence electrons. The van der Waals surface area contributed by atoms with Gasteiger partial charge in [0.15, 0.2) is 5.82 Å². The first-order valence-corrected chi connectivity index (χ1v) is 11.5. The summed E-state index contributed by atoms with van der Waals surface area (Å²) < 4.78 is 5.25. The average Bonchev–Trinajstić information content (AvgIpc) is 3.55. The van der Waals surface area contributed by atoms with Crippen LogP contribution in [0.15, 0.2) is 60.7 Å². The number of benzene rings is 2. The van der Waals surface area contributed by atoms with Gasteiger partial charge in [-0.3, -0.25) is 9.59 Å². The van der Waals surface area contributed by atoms with Crippen molar-refractivity contribution in [1.29, 1.82) is 0 Å². The van der Waals surface area contributed by atoms with Gasteiger partial charge < -0.3 is 19.9 Å². The number of hydrogen-bond donors (Lipinski definition) is 1. The fraction of sp³-hybridized carbons (Fsp3) is 0.308. The Morgan fingerprint density at radius 1 is 1.03 bits per heavy atom. The normalized spacial score (nSPS) is 17.8. The molecule has 1 N–H and O–H groups in total. The van der Waals surface area contributed by atoms with Gasteiger partial charge in [-0.1, -0.05) is 18.2 Å². The summed E-state index contributed by atoms with van der Waals surface area (Å²) in [5, 5.41) is 11.7. The third kappa shape index (κ3) is 4.57. The Morgan fingerprint density at radius 2 is 1.85 bits per heavy atom. The van der Waals surface area contributed by atoms with Gasteiger partial charge in [-0.15, -0.1) is 10.2 Å². The zero-order valence-electron chi connectivity index (χ0n) is 19.1. The van der Waals surface area contributed by atoms with Gasteiger partial charge in [-0.25, -0.2) is 0 Å². The zero-order valence-corrected chi connectivity index (χ0v) is 19.1. The fourth-order valence-electron chi connectivity index (χ4n) is 4.51. The van der Waals surface area contributed by atoms with Crippen LogP contribution in [0, 0.1) is 5.92 Å². The quantitative estimate of drug-likeness (QED) is 0.607. The lowest BCUT2D eigenvalue weighted by Crippen LogP contribution is -2.28. The molecule has 1 aromatic heterocycles. The average molecular weight is 458 g/mol. The van der Waals surface area contributed by atoms with Crippen LogP contribution in [-0.2, 0) is 9.59 Å². The van der Waals surface area contributed by atoms with E-state index in [1.165, 1.54) is 12.8 Å². The Labute approximate surface area is 198 Å². The number of methoxy groups -OCH3 is 1. The first-order chi connectivity index (χ1) is 16.6. The number of aromatic nitrogens is 2. The monoisotopic (exact) mass is 457 g/mol. The molecule has 3 aromatic rings. The van der Waals surface area contributed by atoms with Crippen LogP contribution in [0.25, 0.3) is 11.3 Å². The van der Waals surface area contributed by atoms with Gasteiger partial charge in [0.1, 0.15) is 5.75 Å². The molecule has 0 saturated carbocycles. The van der Waals surface area contributed by atoms with Crippen LogP contribution < -0.4 is 19.9 Å². The van der Waals surface area contributed by atoms with Crippen molar-refractivity contribution in [3.05, 3.63) is 60.7 Å². The second kappa shape index (κ2) is 9.51. The first-order valence-electron chi connectivity index (χ1n) is 11.5. The van der Waals surface area contributed by atoms with Crippen molar-refractivity contribution in [2.24, 2.45) is 5.92 Å². The minimum absolute atomic E-state index is 0.0736. The molecule has 1 atom stereocenters. The number of amides is 2. The SMILES string of the molecule is COc1cccc(N2CC(C(=O)Nc3cccc(-c4ccc(N5CCCC5)nn4)c3)CC2=O)c1. The summed E-state index contributed by atoms with van der Waals surface area (Å²) in [6.07, 6.45) is 2.55. The summed E-state index contributed by atoms with van der Waals surface area (Å²) in [7, 11) is 1.59. The van der Waals surface area contributed by atoms with Crippen LogP contribution >= 0.6 is 0 Å². The number of anilines is 3. The molecule has 2 fully saturated rings. The Kier molecular flexibility index (Phi) is 6.12. The summed E-state index contributed by atoms with van der Waals surface area (Å²) >= 11 is 0. The molecule has 2 aliphatic rings. The zero-order chi connectivity index (χ0) is 23.5. The number of ether oxygens (including phenoxy) is 1. The molecule has 3 heterocycles. The highest BCUT2D eigenvalue weighted by Gasteiger charge is 2.35. The smallest absolute Gasteiger partial charge is 0.229 e. The van der Waals surface area contributed by atoms with E-state index in [4.69, 9.17) is 4.74 Å². The van der Waals surface area contributed by atoms with Crippen molar-refractivity contribution in [2.75, 3.05) is 41.9 Å². The third-order valence-electron chi connectivity index (χ3n) is 6.37. The minimum Gasteiger partial charge on any atom is -0.497 e. The number of nitrogens with one attached hydrogen (secondary N) is 1. The summed E-state index contributed by atoms with van der Waals surface area (Å²) in [5.41, 5.74) is 3.02. The molecule has 34 heavy (non-hydrogen) atoms. The highest BCUT2D eigenvalue weighted by atomic mass is 16.5. The van der Waals surface area contributed by atoms with Crippen LogP contribution in [0.3, 0.4) is 0 Å². The standard InChI is InChI=1S/C26H27N5O3/c1-34-22-9-5-8-21(16-22)31-17-19(15-25(31)32)26(33)27-20-7-4-6-18(14-20)23-10-11-24(29-28-23)30-12-2-3-13-30/h4-11,14,16,19H,2-3,12-13,15,17H2,1H3,(H,27,33). The Balaban J connectivity index is 1.25.